The summed E-state index contributed by atoms with van der Waals surface area (Å²) in [7, 11) is 0. The van der Waals surface area contributed by atoms with Crippen molar-refractivity contribution in [1.82, 2.24) is 5.32 Å². The fourth-order valence-corrected chi connectivity index (χ4v) is 7.07. The molecule has 0 radical (unpaired) electrons. The Morgan fingerprint density at radius 3 is 1.80 bits per heavy atom. The molecule has 0 aromatic heterocycles. The van der Waals surface area contributed by atoms with Crippen LogP contribution in [0.3, 0.4) is 0 Å². The van der Waals surface area contributed by atoms with Crippen LogP contribution in [0.2, 0.25) is 0 Å². The Labute approximate surface area is 353 Å². The van der Waals surface area contributed by atoms with Gasteiger partial charge in [-0.15, -0.1) is 0 Å². The van der Waals surface area contributed by atoms with E-state index in [4.69, 9.17) is 18.9 Å². The summed E-state index contributed by atoms with van der Waals surface area (Å²) in [6, 6.07) is -0.921. The van der Waals surface area contributed by atoms with Gasteiger partial charge in [-0.2, -0.15) is 0 Å². The Hall–Kier alpha value is -2.05. The van der Waals surface area contributed by atoms with E-state index in [2.05, 4.69) is 55.6 Å². The van der Waals surface area contributed by atoms with Crippen molar-refractivity contribution in [2.45, 2.75) is 209 Å². The number of aliphatic hydroxyl groups is 8. The Bertz CT molecular complexity index is 1180. The van der Waals surface area contributed by atoms with Crippen molar-refractivity contribution in [3.63, 3.8) is 0 Å². The van der Waals surface area contributed by atoms with Crippen molar-refractivity contribution < 1.29 is 64.6 Å². The van der Waals surface area contributed by atoms with Gasteiger partial charge in [-0.1, -0.05) is 127 Å². The number of unbranched alkanes of at least 4 members (excludes halogenated alkanes) is 13. The molecule has 0 aromatic carbocycles. The average molecular weight is 842 g/mol. The van der Waals surface area contributed by atoms with Gasteiger partial charge >= 0.3 is 0 Å². The molecule has 2 aliphatic rings. The number of ether oxygens (including phenoxy) is 4. The summed E-state index contributed by atoms with van der Waals surface area (Å²) in [6.07, 6.45) is 18.8. The van der Waals surface area contributed by atoms with E-state index in [-0.39, 0.29) is 18.9 Å². The molecule has 0 bridgehead atoms. The average Bonchev–Trinajstić information content (AvgIpc) is 3.23. The number of rotatable bonds is 32. The van der Waals surface area contributed by atoms with Crippen LogP contribution in [0.5, 0.6) is 0 Å². The molecule has 2 heterocycles. The third kappa shape index (κ3) is 21.1. The Morgan fingerprint density at radius 2 is 1.17 bits per heavy atom. The molecule has 2 aliphatic heterocycles. The van der Waals surface area contributed by atoms with Crippen LogP contribution in [-0.4, -0.2) is 140 Å². The zero-order valence-corrected chi connectivity index (χ0v) is 35.7. The maximum absolute atomic E-state index is 13.1. The third-order valence-electron chi connectivity index (χ3n) is 10.8. The fourth-order valence-electron chi connectivity index (χ4n) is 7.07. The smallest absolute Gasteiger partial charge is 0.220 e. The zero-order chi connectivity index (χ0) is 43.3. The van der Waals surface area contributed by atoms with E-state index in [1.165, 1.54) is 32.1 Å². The van der Waals surface area contributed by atoms with E-state index >= 15 is 0 Å². The molecule has 0 saturated carbocycles. The number of hydrogen-bond acceptors (Lipinski definition) is 13. The first-order valence-electron chi connectivity index (χ1n) is 22.4. The number of allylic oxidation sites excluding steroid dienone is 7. The van der Waals surface area contributed by atoms with Crippen LogP contribution >= 0.6 is 0 Å². The van der Waals surface area contributed by atoms with E-state index in [0.717, 1.165) is 77.0 Å². The largest absolute Gasteiger partial charge is 0.394 e. The van der Waals surface area contributed by atoms with E-state index in [1.807, 2.05) is 6.08 Å². The summed E-state index contributed by atoms with van der Waals surface area (Å²) in [5, 5.41) is 86.3. The second-order valence-electron chi connectivity index (χ2n) is 15.8. The van der Waals surface area contributed by atoms with Gasteiger partial charge in [0.05, 0.1) is 32.0 Å². The van der Waals surface area contributed by atoms with Crippen molar-refractivity contribution in [3.05, 3.63) is 48.6 Å². The van der Waals surface area contributed by atoms with Crippen LogP contribution in [0.25, 0.3) is 0 Å². The highest BCUT2D eigenvalue weighted by atomic mass is 16.7. The van der Waals surface area contributed by atoms with Gasteiger partial charge in [0.2, 0.25) is 5.91 Å². The number of hydrogen-bond donors (Lipinski definition) is 9. The standard InChI is InChI=1S/C45H79NO13/c1-3-5-7-9-11-13-15-16-17-18-19-21-23-25-27-29-37(50)46-33(34(49)28-26-24-22-20-14-12-10-8-6-4-2)32-56-44-42(55)40(53)43(36(31-48)58-44)59-45-41(54)39(52)38(51)35(30-47)57-45/h5,7,11,13,16-17,26,28,33-36,38-45,47-49,51-55H,3-4,6,8-10,12,14-15,18-25,27,29-32H2,1-2H3,(H,46,50)/b7-5-,13-11-,17-16-,28-26+. The van der Waals surface area contributed by atoms with Crippen molar-refractivity contribution in [1.29, 1.82) is 0 Å². The Balaban J connectivity index is 1.91. The predicted octanol–water partition coefficient (Wildman–Crippen LogP) is 4.15. The predicted molar refractivity (Wildman–Crippen MR) is 226 cm³/mol. The summed E-state index contributed by atoms with van der Waals surface area (Å²) < 4.78 is 22.6. The molecule has 2 fully saturated rings. The summed E-state index contributed by atoms with van der Waals surface area (Å²) in [6.45, 7) is 2.60. The van der Waals surface area contributed by atoms with E-state index in [9.17, 15) is 45.6 Å². The summed E-state index contributed by atoms with van der Waals surface area (Å²) in [4.78, 5) is 13.1. The molecule has 1 amide bonds. The second-order valence-corrected chi connectivity index (χ2v) is 15.8. The van der Waals surface area contributed by atoms with Gasteiger partial charge < -0.3 is 65.1 Å². The van der Waals surface area contributed by atoms with Gasteiger partial charge in [0.15, 0.2) is 12.6 Å². The summed E-state index contributed by atoms with van der Waals surface area (Å²) >= 11 is 0. The van der Waals surface area contributed by atoms with Gasteiger partial charge in [-0.05, 0) is 51.4 Å². The summed E-state index contributed by atoms with van der Waals surface area (Å²) in [5.41, 5.74) is 0. The molecule has 2 rings (SSSR count). The molecule has 0 spiro atoms. The number of aliphatic hydroxyl groups excluding tert-OH is 8. The topological polar surface area (TPSA) is 228 Å². The lowest BCUT2D eigenvalue weighted by molar-refractivity contribution is -0.359. The molecule has 14 heteroatoms. The van der Waals surface area contributed by atoms with Crippen LogP contribution < -0.4 is 5.32 Å². The van der Waals surface area contributed by atoms with E-state index in [0.29, 0.717) is 6.42 Å². The first-order valence-corrected chi connectivity index (χ1v) is 22.4. The number of amides is 1. The molecule has 59 heavy (non-hydrogen) atoms. The normalized spacial score (nSPS) is 29.0. The van der Waals surface area contributed by atoms with Gasteiger partial charge in [0.1, 0.15) is 48.8 Å². The molecule has 0 aromatic rings. The highest BCUT2D eigenvalue weighted by Gasteiger charge is 2.50. The quantitative estimate of drug-likeness (QED) is 0.0343. The van der Waals surface area contributed by atoms with Crippen molar-refractivity contribution in [3.8, 4) is 0 Å². The zero-order valence-electron chi connectivity index (χ0n) is 35.7. The van der Waals surface area contributed by atoms with Gasteiger partial charge in [0.25, 0.3) is 0 Å². The van der Waals surface area contributed by atoms with Crippen molar-refractivity contribution in [2.24, 2.45) is 0 Å². The highest BCUT2D eigenvalue weighted by Crippen LogP contribution is 2.30. The number of carbonyl (C=O) groups is 1. The molecule has 14 nitrogen and oxygen atoms in total. The third-order valence-corrected chi connectivity index (χ3v) is 10.8. The van der Waals surface area contributed by atoms with Crippen LogP contribution in [0.15, 0.2) is 48.6 Å². The van der Waals surface area contributed by atoms with Crippen LogP contribution in [-0.2, 0) is 23.7 Å². The monoisotopic (exact) mass is 842 g/mol. The van der Waals surface area contributed by atoms with Crippen molar-refractivity contribution >= 4 is 5.91 Å². The minimum Gasteiger partial charge on any atom is -0.394 e. The molecule has 0 aliphatic carbocycles. The van der Waals surface area contributed by atoms with Crippen LogP contribution in [0.1, 0.15) is 136 Å². The van der Waals surface area contributed by atoms with Gasteiger partial charge in [0, 0.05) is 6.42 Å². The maximum atomic E-state index is 13.1. The van der Waals surface area contributed by atoms with Gasteiger partial charge in [-0.3, -0.25) is 4.79 Å². The van der Waals surface area contributed by atoms with E-state index in [1.54, 1.807) is 6.08 Å². The molecule has 12 atom stereocenters. The van der Waals surface area contributed by atoms with Crippen molar-refractivity contribution in [2.75, 3.05) is 19.8 Å². The minimum absolute atomic E-state index is 0.260. The van der Waals surface area contributed by atoms with E-state index < -0.39 is 86.8 Å². The second kappa shape index (κ2) is 32.6. The first-order chi connectivity index (χ1) is 28.6. The SMILES string of the molecule is CC/C=C\C/C=C\C/C=C\CCCCCCCC(=O)NC(COC1OC(CO)C(OC2OC(CO)C(O)C(O)C2O)C(O)C1O)C(O)/C=C/CCCCCCCCCC. The number of carbonyl (C=O) groups excluding carboxylic acids is 1. The first kappa shape index (κ1) is 53.1. The maximum Gasteiger partial charge on any atom is 0.220 e. The molecular weight excluding hydrogens is 762 g/mol. The molecule has 2 saturated heterocycles. The lowest BCUT2D eigenvalue weighted by Crippen LogP contribution is -2.65. The lowest BCUT2D eigenvalue weighted by Gasteiger charge is -2.46. The summed E-state index contributed by atoms with van der Waals surface area (Å²) in [5.74, 6) is -0.262. The van der Waals surface area contributed by atoms with Crippen LogP contribution in [0.4, 0.5) is 0 Å². The highest BCUT2D eigenvalue weighted by molar-refractivity contribution is 5.76. The lowest BCUT2D eigenvalue weighted by atomic mass is 9.97. The van der Waals surface area contributed by atoms with Crippen LogP contribution in [0, 0.1) is 0 Å². The number of nitrogens with one attached hydrogen (secondary N) is 1. The molecular formula is C45H79NO13. The molecule has 12 unspecified atom stereocenters. The fraction of sp³-hybridized carbons (Fsp3) is 0.800. The Morgan fingerprint density at radius 1 is 0.627 bits per heavy atom. The molecule has 9 N–H and O–H groups in total. The Kier molecular flexibility index (Phi) is 29.4. The minimum atomic E-state index is -1.79. The molecule has 342 valence electrons. The van der Waals surface area contributed by atoms with Gasteiger partial charge in [-0.25, -0.2) is 0 Å².